The van der Waals surface area contributed by atoms with Crippen LogP contribution in [0, 0.1) is 0 Å². The lowest BCUT2D eigenvalue weighted by atomic mass is 10.2. The summed E-state index contributed by atoms with van der Waals surface area (Å²) < 4.78 is 17.1. The molecule has 0 fully saturated rings. The number of carbonyl (C=O) groups is 1. The fraction of sp³-hybridized carbons (Fsp3) is 0.438. The number of fused-ring (bicyclic) bond motifs is 1. The van der Waals surface area contributed by atoms with Crippen molar-refractivity contribution in [1.82, 2.24) is 20.1 Å². The Morgan fingerprint density at radius 3 is 3.12 bits per heavy atom. The maximum absolute atomic E-state index is 12.1. The minimum atomic E-state index is -0.288. The molecule has 1 aromatic carbocycles. The zero-order valence-electron chi connectivity index (χ0n) is 14.3. The molecule has 0 aliphatic carbocycles. The fourth-order valence-corrected chi connectivity index (χ4v) is 3.21. The lowest BCUT2D eigenvalue weighted by Crippen LogP contribution is -2.25. The van der Waals surface area contributed by atoms with Crippen molar-refractivity contribution < 1.29 is 19.0 Å². The van der Waals surface area contributed by atoms with Crippen LogP contribution in [-0.2, 0) is 22.6 Å². The molecule has 1 aliphatic heterocycles. The molecular formula is C16H20N4O5S. The van der Waals surface area contributed by atoms with Crippen molar-refractivity contribution in [3.05, 3.63) is 34.2 Å². The lowest BCUT2D eigenvalue weighted by Gasteiger charge is -2.07. The summed E-state index contributed by atoms with van der Waals surface area (Å²) in [4.78, 5) is 23.8. The Bertz CT molecular complexity index is 819. The number of hydrogen-bond acceptors (Lipinski definition) is 7. The highest BCUT2D eigenvalue weighted by molar-refractivity contribution is 7.99. The monoisotopic (exact) mass is 380 g/mol. The van der Waals surface area contributed by atoms with E-state index in [0.717, 1.165) is 5.56 Å². The van der Waals surface area contributed by atoms with Gasteiger partial charge in [-0.05, 0) is 24.1 Å². The molecule has 140 valence electrons. The first-order chi connectivity index (χ1) is 12.7. The molecule has 1 aliphatic rings. The van der Waals surface area contributed by atoms with Crippen LogP contribution in [0.3, 0.4) is 0 Å². The second kappa shape index (κ2) is 8.77. The first-order valence-electron chi connectivity index (χ1n) is 8.09. The van der Waals surface area contributed by atoms with Crippen molar-refractivity contribution in [2.24, 2.45) is 0 Å². The fourth-order valence-electron chi connectivity index (χ4n) is 2.41. The van der Waals surface area contributed by atoms with Crippen LogP contribution in [-0.4, -0.2) is 46.9 Å². The number of benzene rings is 1. The number of nitrogens with one attached hydrogen (secondary N) is 2. The number of amides is 1. The van der Waals surface area contributed by atoms with Gasteiger partial charge in [0.1, 0.15) is 0 Å². The molecule has 2 aromatic rings. The van der Waals surface area contributed by atoms with E-state index in [1.54, 1.807) is 7.11 Å². The Morgan fingerprint density at radius 1 is 1.42 bits per heavy atom. The molecular weight excluding hydrogens is 360 g/mol. The van der Waals surface area contributed by atoms with E-state index in [2.05, 4.69) is 15.5 Å². The zero-order chi connectivity index (χ0) is 18.4. The molecule has 0 unspecified atom stereocenters. The minimum absolute atomic E-state index is 0.147. The number of methoxy groups -OCH3 is 1. The van der Waals surface area contributed by atoms with Gasteiger partial charge < -0.3 is 19.5 Å². The summed E-state index contributed by atoms with van der Waals surface area (Å²) >= 11 is 1.21. The van der Waals surface area contributed by atoms with Crippen molar-refractivity contribution in [2.75, 3.05) is 26.3 Å². The van der Waals surface area contributed by atoms with E-state index in [1.807, 2.05) is 18.2 Å². The number of thioether (sulfide) groups is 1. The van der Waals surface area contributed by atoms with E-state index in [1.165, 1.54) is 16.3 Å². The summed E-state index contributed by atoms with van der Waals surface area (Å²) in [5.41, 5.74) is 0.633. The van der Waals surface area contributed by atoms with Crippen molar-refractivity contribution in [2.45, 2.75) is 24.7 Å². The van der Waals surface area contributed by atoms with Gasteiger partial charge in [-0.25, -0.2) is 9.89 Å². The average Bonchev–Trinajstić information content (AvgIpc) is 3.25. The highest BCUT2D eigenvalue weighted by Gasteiger charge is 2.14. The van der Waals surface area contributed by atoms with Crippen molar-refractivity contribution in [1.29, 1.82) is 0 Å². The second-order valence-electron chi connectivity index (χ2n) is 5.56. The van der Waals surface area contributed by atoms with Gasteiger partial charge in [0.05, 0.1) is 5.75 Å². The molecule has 0 radical (unpaired) electrons. The lowest BCUT2D eigenvalue weighted by molar-refractivity contribution is -0.118. The Balaban J connectivity index is 1.48. The number of aromatic amines is 1. The summed E-state index contributed by atoms with van der Waals surface area (Å²) in [7, 11) is 1.61. The smallest absolute Gasteiger partial charge is 0.343 e. The number of ether oxygens (including phenoxy) is 3. The molecule has 0 spiro atoms. The standard InChI is InChI=1S/C16H20N4O5S/c1-23-6-2-5-20-15(22)18-19-16(20)26-9-14(21)17-8-11-3-4-12-13(7-11)25-10-24-12/h3-4,7H,2,5-6,8-10H2,1H3,(H,17,21)(H,18,22). The van der Waals surface area contributed by atoms with E-state index in [4.69, 9.17) is 14.2 Å². The molecule has 1 aromatic heterocycles. The Hall–Kier alpha value is -2.46. The molecule has 0 saturated heterocycles. The van der Waals surface area contributed by atoms with Crippen LogP contribution in [0.2, 0.25) is 0 Å². The molecule has 10 heteroatoms. The average molecular weight is 380 g/mol. The van der Waals surface area contributed by atoms with Crippen LogP contribution in [0.1, 0.15) is 12.0 Å². The number of H-pyrrole nitrogens is 1. The van der Waals surface area contributed by atoms with Gasteiger partial charge in [-0.1, -0.05) is 17.8 Å². The third-order valence-corrected chi connectivity index (χ3v) is 4.69. The van der Waals surface area contributed by atoms with Gasteiger partial charge in [0.25, 0.3) is 0 Å². The second-order valence-corrected chi connectivity index (χ2v) is 6.50. The van der Waals surface area contributed by atoms with Gasteiger partial charge in [-0.2, -0.15) is 0 Å². The summed E-state index contributed by atoms with van der Waals surface area (Å²) in [6.45, 7) is 1.65. The van der Waals surface area contributed by atoms with Crippen LogP contribution >= 0.6 is 11.8 Å². The Labute approximate surface area is 154 Å². The predicted octanol–water partition coefficient (Wildman–Crippen LogP) is 0.745. The number of carbonyl (C=O) groups excluding carboxylic acids is 1. The number of rotatable bonds is 9. The van der Waals surface area contributed by atoms with Gasteiger partial charge in [-0.15, -0.1) is 5.10 Å². The molecule has 1 amide bonds. The van der Waals surface area contributed by atoms with E-state index >= 15 is 0 Å². The van der Waals surface area contributed by atoms with E-state index in [9.17, 15) is 9.59 Å². The van der Waals surface area contributed by atoms with Crippen molar-refractivity contribution >= 4 is 17.7 Å². The van der Waals surface area contributed by atoms with Crippen LogP contribution in [0.15, 0.2) is 28.2 Å². The molecule has 0 saturated carbocycles. The van der Waals surface area contributed by atoms with Crippen LogP contribution < -0.4 is 20.5 Å². The Kier molecular flexibility index (Phi) is 6.18. The topological polar surface area (TPSA) is 107 Å². The first-order valence-corrected chi connectivity index (χ1v) is 9.08. The van der Waals surface area contributed by atoms with E-state index in [0.29, 0.717) is 42.8 Å². The van der Waals surface area contributed by atoms with E-state index in [-0.39, 0.29) is 24.1 Å². The number of nitrogens with zero attached hydrogens (tertiary/aromatic N) is 2. The molecule has 2 heterocycles. The molecule has 0 bridgehead atoms. The summed E-state index contributed by atoms with van der Waals surface area (Å²) in [5.74, 6) is 1.41. The third-order valence-electron chi connectivity index (χ3n) is 3.71. The highest BCUT2D eigenvalue weighted by atomic mass is 32.2. The van der Waals surface area contributed by atoms with Gasteiger partial charge in [0.15, 0.2) is 16.7 Å². The summed E-state index contributed by atoms with van der Waals surface area (Å²) in [5, 5.41) is 9.70. The molecule has 9 nitrogen and oxygen atoms in total. The first kappa shape index (κ1) is 18.3. The predicted molar refractivity (Wildman–Crippen MR) is 94.5 cm³/mol. The molecule has 26 heavy (non-hydrogen) atoms. The van der Waals surface area contributed by atoms with Crippen molar-refractivity contribution in [3.63, 3.8) is 0 Å². The highest BCUT2D eigenvalue weighted by Crippen LogP contribution is 2.32. The van der Waals surface area contributed by atoms with Gasteiger partial charge in [-0.3, -0.25) is 9.36 Å². The number of hydrogen-bond donors (Lipinski definition) is 2. The Morgan fingerprint density at radius 2 is 2.27 bits per heavy atom. The normalized spacial score (nSPS) is 12.3. The zero-order valence-corrected chi connectivity index (χ0v) is 15.1. The molecule has 2 N–H and O–H groups in total. The maximum atomic E-state index is 12.1. The van der Waals surface area contributed by atoms with Gasteiger partial charge >= 0.3 is 5.69 Å². The van der Waals surface area contributed by atoms with Crippen LogP contribution in [0.4, 0.5) is 0 Å². The van der Waals surface area contributed by atoms with Crippen LogP contribution in [0.5, 0.6) is 11.5 Å². The quantitative estimate of drug-likeness (QED) is 0.488. The molecule has 0 atom stereocenters. The largest absolute Gasteiger partial charge is 0.454 e. The molecule has 3 rings (SSSR count). The van der Waals surface area contributed by atoms with E-state index < -0.39 is 0 Å². The minimum Gasteiger partial charge on any atom is -0.454 e. The van der Waals surface area contributed by atoms with Gasteiger partial charge in [0, 0.05) is 26.8 Å². The number of aromatic nitrogens is 3. The van der Waals surface area contributed by atoms with Crippen LogP contribution in [0.25, 0.3) is 0 Å². The maximum Gasteiger partial charge on any atom is 0.343 e. The van der Waals surface area contributed by atoms with Crippen molar-refractivity contribution in [3.8, 4) is 11.5 Å². The summed E-state index contributed by atoms with van der Waals surface area (Å²) in [6.07, 6.45) is 0.694. The summed E-state index contributed by atoms with van der Waals surface area (Å²) in [6, 6.07) is 5.54. The van der Waals surface area contributed by atoms with Gasteiger partial charge in [0.2, 0.25) is 12.7 Å². The third kappa shape index (κ3) is 4.58. The SMILES string of the molecule is COCCCn1c(SCC(=O)NCc2ccc3c(c2)OCO3)n[nH]c1=O.